The summed E-state index contributed by atoms with van der Waals surface area (Å²) in [5.74, 6) is -0.851. The molecule has 1 aromatic heterocycles. The standard InChI is InChI=1S/C12H15N3O3/c1-8(2)7-10(16)18-9(3)11(17)15-12-13-5-4-6-14-12/h4-7,9H,1-3H3,(H,13,14,15,17). The van der Waals surface area contributed by atoms with Crippen LogP contribution in [0.25, 0.3) is 0 Å². The predicted octanol–water partition coefficient (Wildman–Crippen LogP) is 1.31. The molecule has 1 aromatic rings. The van der Waals surface area contributed by atoms with Crippen LogP contribution in [0.2, 0.25) is 0 Å². The van der Waals surface area contributed by atoms with Gasteiger partial charge in [-0.15, -0.1) is 0 Å². The lowest BCUT2D eigenvalue weighted by molar-refractivity contribution is -0.148. The fourth-order valence-corrected chi connectivity index (χ4v) is 1.07. The number of hydrogen-bond acceptors (Lipinski definition) is 5. The first-order valence-corrected chi connectivity index (χ1v) is 5.42. The average Bonchev–Trinajstić information content (AvgIpc) is 2.28. The zero-order chi connectivity index (χ0) is 13.5. The van der Waals surface area contributed by atoms with Gasteiger partial charge in [0.2, 0.25) is 5.95 Å². The van der Waals surface area contributed by atoms with Crippen LogP contribution in [0.1, 0.15) is 20.8 Å². The number of ether oxygens (including phenoxy) is 1. The van der Waals surface area contributed by atoms with Crippen molar-refractivity contribution in [3.8, 4) is 0 Å². The molecule has 1 atom stereocenters. The van der Waals surface area contributed by atoms with Crippen LogP contribution in [0.15, 0.2) is 30.1 Å². The molecule has 0 spiro atoms. The second-order valence-electron chi connectivity index (χ2n) is 3.86. The van der Waals surface area contributed by atoms with E-state index in [1.807, 2.05) is 0 Å². The number of esters is 1. The minimum absolute atomic E-state index is 0.174. The van der Waals surface area contributed by atoms with Crippen LogP contribution in [0.3, 0.4) is 0 Å². The number of nitrogens with one attached hydrogen (secondary N) is 1. The van der Waals surface area contributed by atoms with Gasteiger partial charge in [0.05, 0.1) is 0 Å². The Kier molecular flexibility index (Phi) is 4.98. The first-order chi connectivity index (χ1) is 8.49. The molecule has 0 aliphatic heterocycles. The van der Waals surface area contributed by atoms with Crippen LogP contribution in [0.4, 0.5) is 5.95 Å². The summed E-state index contributed by atoms with van der Waals surface area (Å²) in [5.41, 5.74) is 0.805. The summed E-state index contributed by atoms with van der Waals surface area (Å²) in [5, 5.41) is 2.44. The lowest BCUT2D eigenvalue weighted by Crippen LogP contribution is -2.30. The molecule has 0 aromatic carbocycles. The molecule has 0 radical (unpaired) electrons. The van der Waals surface area contributed by atoms with Gasteiger partial charge in [0.1, 0.15) is 0 Å². The van der Waals surface area contributed by atoms with Gasteiger partial charge in [0.25, 0.3) is 5.91 Å². The molecule has 6 heteroatoms. The molecule has 1 heterocycles. The topological polar surface area (TPSA) is 81.2 Å². The summed E-state index contributed by atoms with van der Waals surface area (Å²) in [6, 6.07) is 1.63. The maximum Gasteiger partial charge on any atom is 0.331 e. The summed E-state index contributed by atoms with van der Waals surface area (Å²) in [6.07, 6.45) is 3.42. The second-order valence-corrected chi connectivity index (χ2v) is 3.86. The molecule has 1 unspecified atom stereocenters. The van der Waals surface area contributed by atoms with Crippen LogP contribution in [-0.4, -0.2) is 27.9 Å². The quantitative estimate of drug-likeness (QED) is 0.642. The van der Waals surface area contributed by atoms with Gasteiger partial charge in [0, 0.05) is 18.5 Å². The molecule has 96 valence electrons. The number of aromatic nitrogens is 2. The lowest BCUT2D eigenvalue weighted by Gasteiger charge is -2.11. The van der Waals surface area contributed by atoms with E-state index in [0.29, 0.717) is 0 Å². The lowest BCUT2D eigenvalue weighted by atomic mass is 10.3. The third-order valence-corrected chi connectivity index (χ3v) is 1.87. The number of hydrogen-bond donors (Lipinski definition) is 1. The van der Waals surface area contributed by atoms with Crippen molar-refractivity contribution in [2.24, 2.45) is 0 Å². The second kappa shape index (κ2) is 6.48. The molecule has 0 bridgehead atoms. The SMILES string of the molecule is CC(C)=CC(=O)OC(C)C(=O)Nc1ncccn1. The van der Waals surface area contributed by atoms with E-state index in [1.165, 1.54) is 25.4 Å². The number of nitrogens with zero attached hydrogens (tertiary/aromatic N) is 2. The van der Waals surface area contributed by atoms with E-state index in [9.17, 15) is 9.59 Å². The molecule has 0 saturated heterocycles. The Bertz CT molecular complexity index is 453. The third kappa shape index (κ3) is 4.73. The maximum atomic E-state index is 11.6. The van der Waals surface area contributed by atoms with Gasteiger partial charge in [-0.2, -0.15) is 0 Å². The summed E-state index contributed by atoms with van der Waals surface area (Å²) >= 11 is 0. The predicted molar refractivity (Wildman–Crippen MR) is 65.6 cm³/mol. The first-order valence-electron chi connectivity index (χ1n) is 5.42. The highest BCUT2D eigenvalue weighted by Gasteiger charge is 2.17. The molecule has 0 saturated carbocycles. The number of allylic oxidation sites excluding steroid dienone is 1. The van der Waals surface area contributed by atoms with Crippen LogP contribution in [0, 0.1) is 0 Å². The zero-order valence-corrected chi connectivity index (χ0v) is 10.5. The van der Waals surface area contributed by atoms with Gasteiger partial charge >= 0.3 is 5.97 Å². The van der Waals surface area contributed by atoms with Crippen LogP contribution < -0.4 is 5.32 Å². The highest BCUT2D eigenvalue weighted by molar-refractivity contribution is 5.94. The Labute approximate surface area is 105 Å². The van der Waals surface area contributed by atoms with E-state index in [0.717, 1.165) is 5.57 Å². The largest absolute Gasteiger partial charge is 0.449 e. The number of anilines is 1. The molecule has 0 aliphatic rings. The van der Waals surface area contributed by atoms with Gasteiger partial charge in [-0.05, 0) is 26.8 Å². The highest BCUT2D eigenvalue weighted by Crippen LogP contribution is 2.00. The fraction of sp³-hybridized carbons (Fsp3) is 0.333. The maximum absolute atomic E-state index is 11.6. The van der Waals surface area contributed by atoms with Gasteiger partial charge in [-0.1, -0.05) is 5.57 Å². The minimum Gasteiger partial charge on any atom is -0.449 e. The summed E-state index contributed by atoms with van der Waals surface area (Å²) in [4.78, 5) is 30.6. The Hall–Kier alpha value is -2.24. The molecule has 1 amide bonds. The number of carbonyl (C=O) groups excluding carboxylic acids is 2. The fourth-order valence-electron chi connectivity index (χ4n) is 1.07. The Morgan fingerprint density at radius 3 is 2.50 bits per heavy atom. The number of amides is 1. The zero-order valence-electron chi connectivity index (χ0n) is 10.5. The van der Waals surface area contributed by atoms with Crippen LogP contribution in [-0.2, 0) is 14.3 Å². The minimum atomic E-state index is -0.906. The Balaban J connectivity index is 2.52. The van der Waals surface area contributed by atoms with Crippen molar-refractivity contribution in [1.29, 1.82) is 0 Å². The summed E-state index contributed by atoms with van der Waals surface area (Å²) in [6.45, 7) is 5.02. The van der Waals surface area contributed by atoms with E-state index in [-0.39, 0.29) is 5.95 Å². The average molecular weight is 249 g/mol. The van der Waals surface area contributed by atoms with Crippen LogP contribution in [0.5, 0.6) is 0 Å². The van der Waals surface area contributed by atoms with E-state index in [4.69, 9.17) is 4.74 Å². The highest BCUT2D eigenvalue weighted by atomic mass is 16.5. The monoisotopic (exact) mass is 249 g/mol. The molecule has 0 aliphatic carbocycles. The summed E-state index contributed by atoms with van der Waals surface area (Å²) in [7, 11) is 0. The summed E-state index contributed by atoms with van der Waals surface area (Å²) < 4.78 is 4.91. The third-order valence-electron chi connectivity index (χ3n) is 1.87. The molecule has 6 nitrogen and oxygen atoms in total. The van der Waals surface area contributed by atoms with Crippen molar-refractivity contribution in [2.75, 3.05) is 5.32 Å². The molecule has 0 fully saturated rings. The van der Waals surface area contributed by atoms with Crippen molar-refractivity contribution in [2.45, 2.75) is 26.9 Å². The smallest absolute Gasteiger partial charge is 0.331 e. The van der Waals surface area contributed by atoms with Crippen molar-refractivity contribution < 1.29 is 14.3 Å². The van der Waals surface area contributed by atoms with Gasteiger partial charge in [0.15, 0.2) is 6.10 Å². The Morgan fingerprint density at radius 1 is 1.33 bits per heavy atom. The van der Waals surface area contributed by atoms with E-state index >= 15 is 0 Å². The molecule has 1 rings (SSSR count). The van der Waals surface area contributed by atoms with Crippen molar-refractivity contribution in [1.82, 2.24) is 9.97 Å². The van der Waals surface area contributed by atoms with E-state index in [2.05, 4.69) is 15.3 Å². The van der Waals surface area contributed by atoms with E-state index in [1.54, 1.807) is 19.9 Å². The molecule has 18 heavy (non-hydrogen) atoms. The number of rotatable bonds is 4. The Morgan fingerprint density at radius 2 is 1.94 bits per heavy atom. The van der Waals surface area contributed by atoms with Crippen LogP contribution >= 0.6 is 0 Å². The van der Waals surface area contributed by atoms with Crippen molar-refractivity contribution in [3.05, 3.63) is 30.1 Å². The van der Waals surface area contributed by atoms with Gasteiger partial charge < -0.3 is 4.74 Å². The molecular formula is C12H15N3O3. The van der Waals surface area contributed by atoms with Crippen molar-refractivity contribution >= 4 is 17.8 Å². The van der Waals surface area contributed by atoms with Crippen molar-refractivity contribution in [3.63, 3.8) is 0 Å². The normalized spacial score (nSPS) is 11.3. The van der Waals surface area contributed by atoms with Gasteiger partial charge in [-0.3, -0.25) is 10.1 Å². The molecular weight excluding hydrogens is 234 g/mol. The van der Waals surface area contributed by atoms with E-state index < -0.39 is 18.0 Å². The number of carbonyl (C=O) groups is 2. The molecule has 1 N–H and O–H groups in total. The first kappa shape index (κ1) is 13.8. The van der Waals surface area contributed by atoms with Gasteiger partial charge in [-0.25, -0.2) is 14.8 Å².